The Morgan fingerprint density at radius 1 is 1.00 bits per heavy atom. The topological polar surface area (TPSA) is 29.1 Å². The summed E-state index contributed by atoms with van der Waals surface area (Å²) in [5.74, 6) is -0.433. The van der Waals surface area contributed by atoms with Crippen molar-refractivity contribution in [2.24, 2.45) is 0 Å². The second-order valence-corrected chi connectivity index (χ2v) is 4.80. The van der Waals surface area contributed by atoms with Crippen molar-refractivity contribution in [1.82, 2.24) is 0 Å². The highest BCUT2D eigenvalue weighted by molar-refractivity contribution is 6.04. The van der Waals surface area contributed by atoms with E-state index in [-0.39, 0.29) is 11.3 Å². The van der Waals surface area contributed by atoms with Crippen LogP contribution in [0.1, 0.15) is 27.0 Å². The summed E-state index contributed by atoms with van der Waals surface area (Å²) < 4.78 is 38.5. The third-order valence-corrected chi connectivity index (χ3v) is 3.20. The summed E-state index contributed by atoms with van der Waals surface area (Å²) >= 11 is 0. The standard InChI is InChI=1S/C16H14F3NO/c1-10-6-8-12(9-7-10)15(21)20-14-5-3-4-13(11(14)2)16(17,18)19/h3-9H,1-2H3,(H,20,21). The van der Waals surface area contributed by atoms with Crippen LogP contribution in [0.2, 0.25) is 0 Å². The molecule has 2 rings (SSSR count). The predicted octanol–water partition coefficient (Wildman–Crippen LogP) is 4.57. The number of halogens is 3. The Kier molecular flexibility index (Phi) is 4.02. The number of rotatable bonds is 2. The molecule has 0 bridgehead atoms. The fourth-order valence-corrected chi connectivity index (χ4v) is 1.98. The highest BCUT2D eigenvalue weighted by Crippen LogP contribution is 2.34. The maximum absolute atomic E-state index is 12.8. The fraction of sp³-hybridized carbons (Fsp3) is 0.188. The third kappa shape index (κ3) is 3.42. The molecule has 0 heterocycles. The molecule has 2 nitrogen and oxygen atoms in total. The zero-order valence-electron chi connectivity index (χ0n) is 11.6. The van der Waals surface area contributed by atoms with Gasteiger partial charge in [-0.2, -0.15) is 13.2 Å². The van der Waals surface area contributed by atoms with Gasteiger partial charge in [-0.1, -0.05) is 23.8 Å². The molecule has 0 saturated heterocycles. The Morgan fingerprint density at radius 2 is 1.62 bits per heavy atom. The molecule has 110 valence electrons. The Labute approximate surface area is 120 Å². The minimum atomic E-state index is -4.44. The lowest BCUT2D eigenvalue weighted by Gasteiger charge is -2.14. The molecular formula is C16H14F3NO. The van der Waals surface area contributed by atoms with E-state index in [1.807, 2.05) is 6.92 Å². The number of benzene rings is 2. The maximum atomic E-state index is 12.8. The number of hydrogen-bond donors (Lipinski definition) is 1. The monoisotopic (exact) mass is 293 g/mol. The zero-order valence-corrected chi connectivity index (χ0v) is 11.6. The number of anilines is 1. The van der Waals surface area contributed by atoms with Gasteiger partial charge in [0.05, 0.1) is 5.56 Å². The molecule has 0 unspecified atom stereocenters. The van der Waals surface area contributed by atoms with Gasteiger partial charge in [-0.3, -0.25) is 4.79 Å². The minimum absolute atomic E-state index is 0.00506. The van der Waals surface area contributed by atoms with E-state index in [1.54, 1.807) is 24.3 Å². The van der Waals surface area contributed by atoms with Crippen LogP contribution in [-0.2, 0) is 6.18 Å². The number of alkyl halides is 3. The Bertz CT molecular complexity index is 660. The van der Waals surface area contributed by atoms with Crippen molar-refractivity contribution in [3.63, 3.8) is 0 Å². The minimum Gasteiger partial charge on any atom is -0.322 e. The van der Waals surface area contributed by atoms with Crippen molar-refractivity contribution in [1.29, 1.82) is 0 Å². The number of aryl methyl sites for hydroxylation is 1. The first-order chi connectivity index (χ1) is 9.79. The van der Waals surface area contributed by atoms with Crippen LogP contribution in [0.5, 0.6) is 0 Å². The molecule has 0 aliphatic rings. The smallest absolute Gasteiger partial charge is 0.322 e. The van der Waals surface area contributed by atoms with Gasteiger partial charge in [-0.25, -0.2) is 0 Å². The molecule has 0 aromatic heterocycles. The molecule has 21 heavy (non-hydrogen) atoms. The Hall–Kier alpha value is -2.30. The van der Waals surface area contributed by atoms with Gasteiger partial charge in [0.1, 0.15) is 0 Å². The van der Waals surface area contributed by atoms with Gasteiger partial charge < -0.3 is 5.32 Å². The van der Waals surface area contributed by atoms with Crippen molar-refractivity contribution in [3.05, 3.63) is 64.7 Å². The molecule has 0 radical (unpaired) electrons. The van der Waals surface area contributed by atoms with Gasteiger partial charge in [-0.15, -0.1) is 0 Å². The number of carbonyl (C=O) groups excluding carboxylic acids is 1. The second-order valence-electron chi connectivity index (χ2n) is 4.80. The van der Waals surface area contributed by atoms with Gasteiger partial charge >= 0.3 is 6.18 Å². The summed E-state index contributed by atoms with van der Waals surface area (Å²) in [5.41, 5.74) is 0.823. The highest BCUT2D eigenvalue weighted by Gasteiger charge is 2.33. The molecule has 0 aliphatic heterocycles. The van der Waals surface area contributed by atoms with Crippen LogP contribution in [0.15, 0.2) is 42.5 Å². The quantitative estimate of drug-likeness (QED) is 0.863. The summed E-state index contributed by atoms with van der Waals surface area (Å²) in [6, 6.07) is 10.5. The van der Waals surface area contributed by atoms with Gasteiger partial charge in [0.15, 0.2) is 0 Å². The largest absolute Gasteiger partial charge is 0.416 e. The van der Waals surface area contributed by atoms with Crippen molar-refractivity contribution < 1.29 is 18.0 Å². The van der Waals surface area contributed by atoms with Crippen LogP contribution in [0.25, 0.3) is 0 Å². The Morgan fingerprint density at radius 3 is 2.19 bits per heavy atom. The molecule has 0 spiro atoms. The summed E-state index contributed by atoms with van der Waals surface area (Å²) in [7, 11) is 0. The predicted molar refractivity (Wildman–Crippen MR) is 75.3 cm³/mol. The van der Waals surface area contributed by atoms with Crippen LogP contribution in [0.3, 0.4) is 0 Å². The molecule has 5 heteroatoms. The van der Waals surface area contributed by atoms with Gasteiger partial charge in [0.25, 0.3) is 5.91 Å². The van der Waals surface area contributed by atoms with Crippen molar-refractivity contribution in [2.75, 3.05) is 5.32 Å². The zero-order chi connectivity index (χ0) is 15.6. The fourth-order valence-electron chi connectivity index (χ4n) is 1.98. The van der Waals surface area contributed by atoms with E-state index in [2.05, 4.69) is 5.32 Å². The van der Waals surface area contributed by atoms with E-state index < -0.39 is 17.6 Å². The van der Waals surface area contributed by atoms with Crippen molar-refractivity contribution in [2.45, 2.75) is 20.0 Å². The van der Waals surface area contributed by atoms with Crippen LogP contribution < -0.4 is 5.32 Å². The van der Waals surface area contributed by atoms with Gasteiger partial charge in [0, 0.05) is 11.3 Å². The van der Waals surface area contributed by atoms with E-state index in [1.165, 1.54) is 19.1 Å². The SMILES string of the molecule is Cc1ccc(C(=O)Nc2cccc(C(F)(F)F)c2C)cc1. The highest BCUT2D eigenvalue weighted by atomic mass is 19.4. The molecular weight excluding hydrogens is 279 g/mol. The molecule has 2 aromatic rings. The van der Waals surface area contributed by atoms with E-state index in [9.17, 15) is 18.0 Å². The average Bonchev–Trinajstić information content (AvgIpc) is 2.40. The Balaban J connectivity index is 2.28. The lowest BCUT2D eigenvalue weighted by atomic mass is 10.1. The van der Waals surface area contributed by atoms with E-state index >= 15 is 0 Å². The van der Waals surface area contributed by atoms with E-state index in [4.69, 9.17) is 0 Å². The number of carbonyl (C=O) groups is 1. The van der Waals surface area contributed by atoms with Crippen molar-refractivity contribution in [3.8, 4) is 0 Å². The molecule has 2 aromatic carbocycles. The molecule has 0 saturated carbocycles. The normalized spacial score (nSPS) is 11.3. The number of amides is 1. The number of nitrogens with one attached hydrogen (secondary N) is 1. The first-order valence-corrected chi connectivity index (χ1v) is 6.34. The first kappa shape index (κ1) is 15.1. The van der Waals surface area contributed by atoms with Crippen LogP contribution in [0.4, 0.5) is 18.9 Å². The van der Waals surface area contributed by atoms with E-state index in [0.717, 1.165) is 11.6 Å². The maximum Gasteiger partial charge on any atom is 0.416 e. The molecule has 1 amide bonds. The van der Waals surface area contributed by atoms with E-state index in [0.29, 0.717) is 5.56 Å². The van der Waals surface area contributed by atoms with Gasteiger partial charge in [0.2, 0.25) is 0 Å². The first-order valence-electron chi connectivity index (χ1n) is 6.34. The number of hydrogen-bond acceptors (Lipinski definition) is 1. The molecule has 1 N–H and O–H groups in total. The second kappa shape index (κ2) is 5.60. The van der Waals surface area contributed by atoms with Crippen LogP contribution >= 0.6 is 0 Å². The summed E-state index contributed by atoms with van der Waals surface area (Å²) in [6.07, 6.45) is -4.44. The molecule has 0 aliphatic carbocycles. The lowest BCUT2D eigenvalue weighted by molar-refractivity contribution is -0.138. The van der Waals surface area contributed by atoms with Gasteiger partial charge in [-0.05, 0) is 43.7 Å². The van der Waals surface area contributed by atoms with Crippen LogP contribution in [0, 0.1) is 13.8 Å². The molecule has 0 atom stereocenters. The third-order valence-electron chi connectivity index (χ3n) is 3.20. The average molecular weight is 293 g/mol. The van der Waals surface area contributed by atoms with Crippen molar-refractivity contribution >= 4 is 11.6 Å². The summed E-state index contributed by atoms with van der Waals surface area (Å²) in [6.45, 7) is 3.23. The molecule has 0 fully saturated rings. The van der Waals surface area contributed by atoms with Crippen LogP contribution in [-0.4, -0.2) is 5.91 Å². The summed E-state index contributed by atoms with van der Waals surface area (Å²) in [4.78, 5) is 12.0. The summed E-state index contributed by atoms with van der Waals surface area (Å²) in [5, 5.41) is 2.52. The lowest BCUT2D eigenvalue weighted by Crippen LogP contribution is -2.15.